The molecule has 3 amide bonds. The molecular formula is C29H40N6O3. The summed E-state index contributed by atoms with van der Waals surface area (Å²) < 4.78 is 0. The van der Waals surface area contributed by atoms with Gasteiger partial charge in [0, 0.05) is 38.3 Å². The highest BCUT2D eigenvalue weighted by Crippen LogP contribution is 2.42. The van der Waals surface area contributed by atoms with Gasteiger partial charge in [0.2, 0.25) is 0 Å². The SMILES string of the molecule is CCCN1C(=O)C2N(N(CC)CCO)C(Cc3cccc(N)c3)=NC2(CC)N(CCc2ccccc2)C1=O. The number of likely N-dealkylation sites (N-methyl/N-ethyl adjacent to an activating group) is 1. The number of nitrogens with zero attached hydrogens (tertiary/aromatic N) is 5. The van der Waals surface area contributed by atoms with E-state index in [1.54, 1.807) is 0 Å². The van der Waals surface area contributed by atoms with E-state index >= 15 is 0 Å². The van der Waals surface area contributed by atoms with Crippen molar-refractivity contribution < 1.29 is 14.7 Å². The average molecular weight is 521 g/mol. The molecule has 0 saturated carbocycles. The summed E-state index contributed by atoms with van der Waals surface area (Å²) in [5, 5.41) is 13.8. The molecule has 0 spiro atoms. The molecule has 2 unspecified atom stereocenters. The third-order valence-corrected chi connectivity index (χ3v) is 7.47. The number of anilines is 1. The zero-order chi connectivity index (χ0) is 27.3. The second-order valence-corrected chi connectivity index (χ2v) is 9.86. The molecule has 4 rings (SSSR count). The number of aliphatic hydroxyl groups is 1. The number of nitrogen functional groups attached to an aromatic ring is 1. The standard InChI is InChI=1S/C29H40N6O3/c1-4-16-33-27(37)26-29(5-2,34(28(33)38)17-15-22-11-8-7-9-12-22)31-25(35(26)32(6-3)18-19-36)21-23-13-10-14-24(30)20-23/h7-14,20,26,36H,4-6,15-19,21,30H2,1-3H3. The van der Waals surface area contributed by atoms with Crippen LogP contribution in [0, 0.1) is 0 Å². The molecule has 2 atom stereocenters. The second-order valence-electron chi connectivity index (χ2n) is 9.86. The van der Waals surface area contributed by atoms with Gasteiger partial charge >= 0.3 is 6.03 Å². The Hall–Kier alpha value is -3.43. The topological polar surface area (TPSA) is 106 Å². The summed E-state index contributed by atoms with van der Waals surface area (Å²) in [5.74, 6) is 0.458. The fourth-order valence-electron chi connectivity index (χ4n) is 5.68. The maximum Gasteiger partial charge on any atom is 0.328 e. The number of aliphatic hydroxyl groups excluding tert-OH is 1. The number of hydrogen-bond acceptors (Lipinski definition) is 7. The number of imide groups is 1. The lowest BCUT2D eigenvalue weighted by Gasteiger charge is -2.51. The fourth-order valence-corrected chi connectivity index (χ4v) is 5.68. The number of hydrogen-bond donors (Lipinski definition) is 2. The Labute approximate surface area is 225 Å². The van der Waals surface area contributed by atoms with Crippen molar-refractivity contribution in [1.82, 2.24) is 19.8 Å². The molecule has 2 aromatic carbocycles. The Kier molecular flexibility index (Phi) is 8.69. The van der Waals surface area contributed by atoms with Gasteiger partial charge in [0.25, 0.3) is 5.91 Å². The van der Waals surface area contributed by atoms with Crippen LogP contribution in [-0.4, -0.2) is 87.2 Å². The summed E-state index contributed by atoms with van der Waals surface area (Å²) in [7, 11) is 0. The van der Waals surface area contributed by atoms with Crippen LogP contribution in [0.15, 0.2) is 59.6 Å². The van der Waals surface area contributed by atoms with Crippen LogP contribution in [0.3, 0.4) is 0 Å². The zero-order valence-corrected chi connectivity index (χ0v) is 22.7. The Balaban J connectivity index is 1.82. The minimum absolute atomic E-state index is 0.0642. The summed E-state index contributed by atoms with van der Waals surface area (Å²) in [4.78, 5) is 36.5. The predicted octanol–water partition coefficient (Wildman–Crippen LogP) is 3.15. The highest BCUT2D eigenvalue weighted by molar-refractivity contribution is 6.05. The smallest absolute Gasteiger partial charge is 0.328 e. The molecule has 0 radical (unpaired) electrons. The van der Waals surface area contributed by atoms with Gasteiger partial charge in [-0.15, -0.1) is 0 Å². The van der Waals surface area contributed by atoms with Crippen molar-refractivity contribution in [3.05, 3.63) is 65.7 Å². The van der Waals surface area contributed by atoms with Crippen molar-refractivity contribution >= 4 is 23.5 Å². The minimum atomic E-state index is -1.05. The molecule has 1 fully saturated rings. The molecule has 204 valence electrons. The largest absolute Gasteiger partial charge is 0.399 e. The molecule has 0 aromatic heterocycles. The third-order valence-electron chi connectivity index (χ3n) is 7.47. The van der Waals surface area contributed by atoms with Gasteiger partial charge < -0.3 is 10.8 Å². The Morgan fingerprint density at radius 3 is 2.39 bits per heavy atom. The Morgan fingerprint density at radius 1 is 1.03 bits per heavy atom. The number of urea groups is 1. The maximum atomic E-state index is 14.1. The van der Waals surface area contributed by atoms with Crippen molar-refractivity contribution in [3.8, 4) is 0 Å². The lowest BCUT2D eigenvalue weighted by atomic mass is 9.91. The van der Waals surface area contributed by atoms with Gasteiger partial charge in [0.15, 0.2) is 11.7 Å². The number of rotatable bonds is 12. The normalized spacial score (nSPS) is 21.3. The number of carbonyl (C=O) groups excluding carboxylic acids is 2. The summed E-state index contributed by atoms with van der Waals surface area (Å²) in [6, 6.07) is 16.7. The van der Waals surface area contributed by atoms with E-state index in [1.165, 1.54) is 4.90 Å². The molecule has 2 aliphatic heterocycles. The van der Waals surface area contributed by atoms with E-state index < -0.39 is 11.7 Å². The van der Waals surface area contributed by atoms with Gasteiger partial charge in [0.05, 0.1) is 6.61 Å². The Morgan fingerprint density at radius 2 is 1.76 bits per heavy atom. The molecule has 2 heterocycles. The summed E-state index contributed by atoms with van der Waals surface area (Å²) in [5.41, 5.74) is 7.77. The van der Waals surface area contributed by atoms with E-state index in [1.807, 2.05) is 78.2 Å². The van der Waals surface area contributed by atoms with Crippen LogP contribution < -0.4 is 5.73 Å². The van der Waals surface area contributed by atoms with Gasteiger partial charge in [-0.2, -0.15) is 0 Å². The summed E-state index contributed by atoms with van der Waals surface area (Å²) >= 11 is 0. The van der Waals surface area contributed by atoms with Crippen LogP contribution in [0.25, 0.3) is 0 Å². The van der Waals surface area contributed by atoms with Gasteiger partial charge in [-0.05, 0) is 42.5 Å². The first-order chi connectivity index (χ1) is 18.4. The van der Waals surface area contributed by atoms with Crippen molar-refractivity contribution in [2.75, 3.05) is 38.5 Å². The number of amides is 3. The molecule has 2 aromatic rings. The average Bonchev–Trinajstić information content (AvgIpc) is 3.25. The molecule has 1 saturated heterocycles. The van der Waals surface area contributed by atoms with Gasteiger partial charge in [-0.1, -0.05) is 63.2 Å². The molecule has 3 N–H and O–H groups in total. The van der Waals surface area contributed by atoms with Crippen molar-refractivity contribution in [2.24, 2.45) is 4.99 Å². The first-order valence-corrected chi connectivity index (χ1v) is 13.6. The van der Waals surface area contributed by atoms with Crippen LogP contribution in [0.1, 0.15) is 44.7 Å². The quantitative estimate of drug-likeness (QED) is 0.417. The number of aliphatic imine (C=N–C) groups is 1. The Bertz CT molecular complexity index is 1160. The van der Waals surface area contributed by atoms with Gasteiger partial charge in [0.1, 0.15) is 5.84 Å². The van der Waals surface area contributed by atoms with Crippen LogP contribution in [0.4, 0.5) is 10.5 Å². The lowest BCUT2D eigenvalue weighted by molar-refractivity contribution is -0.151. The first kappa shape index (κ1) is 27.6. The first-order valence-electron chi connectivity index (χ1n) is 13.6. The third kappa shape index (κ3) is 5.13. The van der Waals surface area contributed by atoms with Crippen molar-refractivity contribution in [1.29, 1.82) is 0 Å². The molecule has 9 heteroatoms. The number of amidine groups is 1. The van der Waals surface area contributed by atoms with E-state index in [-0.39, 0.29) is 18.5 Å². The molecule has 0 aliphatic carbocycles. The van der Waals surface area contributed by atoms with Crippen LogP contribution >= 0.6 is 0 Å². The van der Waals surface area contributed by atoms with E-state index in [4.69, 9.17) is 10.7 Å². The zero-order valence-electron chi connectivity index (χ0n) is 22.7. The number of benzene rings is 2. The monoisotopic (exact) mass is 520 g/mol. The highest BCUT2D eigenvalue weighted by atomic mass is 16.3. The molecular weight excluding hydrogens is 480 g/mol. The lowest BCUT2D eigenvalue weighted by Crippen LogP contribution is -2.74. The van der Waals surface area contributed by atoms with Crippen LogP contribution in [0.2, 0.25) is 0 Å². The fraction of sp³-hybridized carbons (Fsp3) is 0.483. The second kappa shape index (κ2) is 12.0. The molecule has 9 nitrogen and oxygen atoms in total. The molecule has 0 bridgehead atoms. The molecule has 2 aliphatic rings. The number of hydrazine groups is 1. The predicted molar refractivity (Wildman–Crippen MR) is 149 cm³/mol. The molecule has 38 heavy (non-hydrogen) atoms. The van der Waals surface area contributed by atoms with Crippen LogP contribution in [0.5, 0.6) is 0 Å². The van der Waals surface area contributed by atoms with E-state index in [0.717, 1.165) is 11.1 Å². The van der Waals surface area contributed by atoms with E-state index in [0.29, 0.717) is 63.4 Å². The van der Waals surface area contributed by atoms with Crippen molar-refractivity contribution in [3.63, 3.8) is 0 Å². The summed E-state index contributed by atoms with van der Waals surface area (Å²) in [6.07, 6.45) is 2.26. The highest BCUT2D eigenvalue weighted by Gasteiger charge is 2.62. The minimum Gasteiger partial charge on any atom is -0.399 e. The number of fused-ring (bicyclic) bond motifs is 1. The van der Waals surface area contributed by atoms with E-state index in [2.05, 4.69) is 12.1 Å². The van der Waals surface area contributed by atoms with Crippen molar-refractivity contribution in [2.45, 2.75) is 58.2 Å². The van der Waals surface area contributed by atoms with E-state index in [9.17, 15) is 14.7 Å². The number of carbonyl (C=O) groups is 2. The summed E-state index contributed by atoms with van der Waals surface area (Å²) in [6.45, 7) is 7.60. The maximum absolute atomic E-state index is 14.1. The van der Waals surface area contributed by atoms with Gasteiger partial charge in [-0.25, -0.2) is 14.8 Å². The van der Waals surface area contributed by atoms with Crippen LogP contribution in [-0.2, 0) is 17.6 Å². The van der Waals surface area contributed by atoms with Gasteiger partial charge in [-0.3, -0.25) is 19.6 Å². The number of nitrogens with two attached hydrogens (primary N) is 1.